The van der Waals surface area contributed by atoms with Gasteiger partial charge in [-0.15, -0.1) is 0 Å². The number of rotatable bonds is 3. The molecule has 1 fully saturated rings. The third-order valence-electron chi connectivity index (χ3n) is 3.77. The number of ether oxygens (including phenoxy) is 1. The second-order valence-electron chi connectivity index (χ2n) is 5.07. The zero-order chi connectivity index (χ0) is 15.4. The Morgan fingerprint density at radius 2 is 1.95 bits per heavy atom. The maximum Gasteiger partial charge on any atom is 0.315 e. The van der Waals surface area contributed by atoms with E-state index >= 15 is 0 Å². The fourth-order valence-corrected chi connectivity index (χ4v) is 2.58. The van der Waals surface area contributed by atoms with Crippen LogP contribution in [0.4, 0.5) is 8.78 Å². The number of esters is 1. The van der Waals surface area contributed by atoms with Crippen molar-refractivity contribution in [3.05, 3.63) is 35.4 Å². The minimum Gasteiger partial charge on any atom is -0.469 e. The van der Waals surface area contributed by atoms with Gasteiger partial charge in [0.15, 0.2) is 0 Å². The minimum absolute atomic E-state index is 0.0345. The molecule has 1 aliphatic heterocycles. The highest BCUT2D eigenvalue weighted by atomic mass is 19.1. The summed E-state index contributed by atoms with van der Waals surface area (Å²) in [5.41, 5.74) is 0.483. The highest BCUT2D eigenvalue weighted by Gasteiger charge is 2.26. The molecule has 0 unspecified atom stereocenters. The predicted octanol–water partition coefficient (Wildman–Crippen LogP) is 2.23. The first-order valence-corrected chi connectivity index (χ1v) is 6.80. The number of methoxy groups -OCH3 is 1. The van der Waals surface area contributed by atoms with Crippen LogP contribution in [0.2, 0.25) is 0 Å². The van der Waals surface area contributed by atoms with Crippen molar-refractivity contribution < 1.29 is 23.1 Å². The third-order valence-corrected chi connectivity index (χ3v) is 3.77. The summed E-state index contributed by atoms with van der Waals surface area (Å²) >= 11 is 0. The number of halogens is 2. The van der Waals surface area contributed by atoms with Crippen LogP contribution in [0.1, 0.15) is 30.7 Å². The Balaban J connectivity index is 1.94. The van der Waals surface area contributed by atoms with E-state index in [1.165, 1.54) is 19.2 Å². The molecule has 0 spiro atoms. The molecule has 0 bridgehead atoms. The van der Waals surface area contributed by atoms with Crippen LogP contribution in [0, 0.1) is 11.6 Å². The second kappa shape index (κ2) is 6.65. The molecule has 0 aromatic heterocycles. The van der Waals surface area contributed by atoms with Crippen molar-refractivity contribution in [2.75, 3.05) is 20.2 Å². The van der Waals surface area contributed by atoms with Crippen LogP contribution in [-0.4, -0.2) is 37.0 Å². The summed E-state index contributed by atoms with van der Waals surface area (Å²) in [5, 5.41) is 0. The van der Waals surface area contributed by atoms with Crippen molar-refractivity contribution >= 4 is 11.9 Å². The number of likely N-dealkylation sites (tertiary alicyclic amines) is 1. The van der Waals surface area contributed by atoms with Gasteiger partial charge < -0.3 is 9.64 Å². The average Bonchev–Trinajstić information content (AvgIpc) is 2.47. The molecular weight excluding hydrogens is 280 g/mol. The molecule has 1 aromatic rings. The molecule has 1 aliphatic rings. The summed E-state index contributed by atoms with van der Waals surface area (Å²) in [5.74, 6) is -2.02. The standard InChI is InChI=1S/C15H17F2NO3/c1-21-15(20)9-14(19)18-6-4-10(5-7-18)12-3-2-11(16)8-13(12)17/h2-3,8,10H,4-7,9H2,1H3. The normalized spacial score (nSPS) is 15.9. The molecule has 21 heavy (non-hydrogen) atoms. The van der Waals surface area contributed by atoms with Crippen LogP contribution in [-0.2, 0) is 14.3 Å². The predicted molar refractivity (Wildman–Crippen MR) is 71.5 cm³/mol. The topological polar surface area (TPSA) is 46.6 Å². The summed E-state index contributed by atoms with van der Waals surface area (Å²) in [7, 11) is 1.24. The van der Waals surface area contributed by atoms with E-state index in [9.17, 15) is 18.4 Å². The number of benzene rings is 1. The molecule has 1 amide bonds. The van der Waals surface area contributed by atoms with Crippen LogP contribution in [0.3, 0.4) is 0 Å². The Bertz CT molecular complexity index is 540. The van der Waals surface area contributed by atoms with Gasteiger partial charge in [0.1, 0.15) is 18.1 Å². The maximum absolute atomic E-state index is 13.7. The Kier molecular flexibility index (Phi) is 4.88. The molecule has 0 radical (unpaired) electrons. The van der Waals surface area contributed by atoms with Crippen LogP contribution in [0.5, 0.6) is 0 Å². The minimum atomic E-state index is -0.595. The molecule has 0 aliphatic carbocycles. The van der Waals surface area contributed by atoms with Gasteiger partial charge in [-0.3, -0.25) is 9.59 Å². The zero-order valence-electron chi connectivity index (χ0n) is 11.8. The van der Waals surface area contributed by atoms with Crippen LogP contribution in [0.25, 0.3) is 0 Å². The molecule has 0 atom stereocenters. The summed E-state index contributed by atoms with van der Waals surface area (Å²) in [6, 6.07) is 3.58. The van der Waals surface area contributed by atoms with E-state index < -0.39 is 17.6 Å². The van der Waals surface area contributed by atoms with Crippen LogP contribution < -0.4 is 0 Å². The molecule has 114 valence electrons. The quantitative estimate of drug-likeness (QED) is 0.635. The number of amides is 1. The van der Waals surface area contributed by atoms with Gasteiger partial charge in [-0.05, 0) is 30.4 Å². The monoisotopic (exact) mass is 297 g/mol. The third kappa shape index (κ3) is 3.77. The lowest BCUT2D eigenvalue weighted by Crippen LogP contribution is -2.39. The fourth-order valence-electron chi connectivity index (χ4n) is 2.58. The van der Waals surface area contributed by atoms with Gasteiger partial charge in [0.2, 0.25) is 5.91 Å². The number of carbonyl (C=O) groups excluding carboxylic acids is 2. The SMILES string of the molecule is COC(=O)CC(=O)N1CCC(c2ccc(F)cc2F)CC1. The van der Waals surface area contributed by atoms with Gasteiger partial charge in [0, 0.05) is 19.2 Å². The molecule has 4 nitrogen and oxygen atoms in total. The van der Waals surface area contributed by atoms with Crippen molar-refractivity contribution in [3.8, 4) is 0 Å². The van der Waals surface area contributed by atoms with Crippen LogP contribution >= 0.6 is 0 Å². The van der Waals surface area contributed by atoms with Crippen LogP contribution in [0.15, 0.2) is 18.2 Å². The highest BCUT2D eigenvalue weighted by molar-refractivity contribution is 5.94. The van der Waals surface area contributed by atoms with Crippen molar-refractivity contribution in [1.82, 2.24) is 4.90 Å². The molecular formula is C15H17F2NO3. The van der Waals surface area contributed by atoms with Gasteiger partial charge in [-0.25, -0.2) is 8.78 Å². The zero-order valence-corrected chi connectivity index (χ0v) is 11.8. The lowest BCUT2D eigenvalue weighted by molar-refractivity contribution is -0.147. The highest BCUT2D eigenvalue weighted by Crippen LogP contribution is 2.30. The van der Waals surface area contributed by atoms with E-state index in [0.717, 1.165) is 6.07 Å². The molecule has 6 heteroatoms. The summed E-state index contributed by atoms with van der Waals surface area (Å²) in [4.78, 5) is 24.5. The Morgan fingerprint density at radius 3 is 2.52 bits per heavy atom. The molecule has 0 N–H and O–H groups in total. The summed E-state index contributed by atoms with van der Waals surface area (Å²) < 4.78 is 31.1. The van der Waals surface area contributed by atoms with Gasteiger partial charge in [-0.1, -0.05) is 6.07 Å². The van der Waals surface area contributed by atoms with E-state index in [1.807, 2.05) is 0 Å². The number of nitrogens with zero attached hydrogens (tertiary/aromatic N) is 1. The van der Waals surface area contributed by atoms with Gasteiger partial charge in [0.25, 0.3) is 0 Å². The maximum atomic E-state index is 13.7. The molecule has 2 rings (SSSR count). The van der Waals surface area contributed by atoms with E-state index in [0.29, 0.717) is 31.5 Å². The first kappa shape index (κ1) is 15.4. The smallest absolute Gasteiger partial charge is 0.315 e. The van der Waals surface area contributed by atoms with E-state index in [1.54, 1.807) is 4.90 Å². The molecule has 1 saturated heterocycles. The first-order chi connectivity index (χ1) is 10.0. The summed E-state index contributed by atoms with van der Waals surface area (Å²) in [6.45, 7) is 0.911. The Morgan fingerprint density at radius 1 is 1.29 bits per heavy atom. The van der Waals surface area contributed by atoms with E-state index in [-0.39, 0.29) is 18.2 Å². The Hall–Kier alpha value is -1.98. The number of carbonyl (C=O) groups is 2. The molecule has 0 saturated carbocycles. The van der Waals surface area contributed by atoms with Crippen molar-refractivity contribution in [3.63, 3.8) is 0 Å². The van der Waals surface area contributed by atoms with Gasteiger partial charge in [0.05, 0.1) is 7.11 Å². The Labute approximate surface area is 121 Å². The number of hydrogen-bond acceptors (Lipinski definition) is 3. The first-order valence-electron chi connectivity index (χ1n) is 6.80. The second-order valence-corrected chi connectivity index (χ2v) is 5.07. The van der Waals surface area contributed by atoms with Crippen molar-refractivity contribution in [1.29, 1.82) is 0 Å². The summed E-state index contributed by atoms with van der Waals surface area (Å²) in [6.07, 6.45) is 0.914. The molecule has 1 aromatic carbocycles. The number of piperidine rings is 1. The lowest BCUT2D eigenvalue weighted by Gasteiger charge is -2.32. The largest absolute Gasteiger partial charge is 0.469 e. The van der Waals surface area contributed by atoms with E-state index in [4.69, 9.17) is 0 Å². The molecule has 1 heterocycles. The van der Waals surface area contributed by atoms with E-state index in [2.05, 4.69) is 4.74 Å². The van der Waals surface area contributed by atoms with Gasteiger partial charge >= 0.3 is 5.97 Å². The van der Waals surface area contributed by atoms with Crippen molar-refractivity contribution in [2.45, 2.75) is 25.2 Å². The van der Waals surface area contributed by atoms with Crippen molar-refractivity contribution in [2.24, 2.45) is 0 Å². The average molecular weight is 297 g/mol. The lowest BCUT2D eigenvalue weighted by atomic mass is 9.89. The number of hydrogen-bond donors (Lipinski definition) is 0. The van der Waals surface area contributed by atoms with Gasteiger partial charge in [-0.2, -0.15) is 0 Å². The fraction of sp³-hybridized carbons (Fsp3) is 0.467.